The normalized spacial score (nSPS) is 11.5. The summed E-state index contributed by atoms with van der Waals surface area (Å²) < 4.78 is 4.75. The molecule has 0 saturated heterocycles. The van der Waals surface area contributed by atoms with E-state index >= 15 is 0 Å². The van der Waals surface area contributed by atoms with Gasteiger partial charge in [-0.15, -0.1) is 0 Å². The first-order valence-electron chi connectivity index (χ1n) is 13.3. The molecule has 0 aliphatic carbocycles. The summed E-state index contributed by atoms with van der Waals surface area (Å²) in [6, 6.07) is 4.86. The van der Waals surface area contributed by atoms with E-state index in [4.69, 9.17) is 10.5 Å². The number of aliphatic carboxylic acids is 1. The fraction of sp³-hybridized carbons (Fsp3) is 0.407. The predicted octanol–water partition coefficient (Wildman–Crippen LogP) is 2.30. The Labute approximate surface area is 235 Å². The number of amides is 1. The van der Waals surface area contributed by atoms with Crippen LogP contribution in [0.5, 0.6) is 0 Å². The Kier molecular flexibility index (Phi) is 11.3. The second-order valence-electron chi connectivity index (χ2n) is 9.33. The van der Waals surface area contributed by atoms with Crippen LogP contribution in [0.3, 0.4) is 0 Å². The molecule has 0 unspecified atom stereocenters. The van der Waals surface area contributed by atoms with Gasteiger partial charge in [-0.1, -0.05) is 32.6 Å². The van der Waals surface area contributed by atoms with E-state index in [0.29, 0.717) is 17.8 Å². The minimum absolute atomic E-state index is 0.0520. The zero-order valence-electron chi connectivity index (χ0n) is 22.6. The Morgan fingerprint density at radius 2 is 1.73 bits per heavy atom. The van der Waals surface area contributed by atoms with E-state index in [9.17, 15) is 29.1 Å². The molecule has 218 valence electrons. The van der Waals surface area contributed by atoms with Crippen LogP contribution in [0.1, 0.15) is 74.3 Å². The number of rotatable bonds is 15. The molecule has 3 rings (SSSR count). The molecular formula is C27H33N7O7. The molecule has 0 bridgehead atoms. The van der Waals surface area contributed by atoms with Crippen LogP contribution < -0.4 is 21.9 Å². The Hall–Kier alpha value is -4.88. The van der Waals surface area contributed by atoms with Gasteiger partial charge in [-0.05, 0) is 37.1 Å². The molecule has 14 nitrogen and oxygen atoms in total. The maximum atomic E-state index is 12.6. The summed E-state index contributed by atoms with van der Waals surface area (Å²) >= 11 is 0. The molecule has 2 aromatic heterocycles. The lowest BCUT2D eigenvalue weighted by Crippen LogP contribution is -2.41. The Morgan fingerprint density at radius 3 is 2.44 bits per heavy atom. The molecule has 1 amide bonds. The van der Waals surface area contributed by atoms with Crippen molar-refractivity contribution in [3.63, 3.8) is 0 Å². The monoisotopic (exact) mass is 567 g/mol. The number of nitrogens with zero attached hydrogens (tertiary/aromatic N) is 3. The van der Waals surface area contributed by atoms with Gasteiger partial charge in [0.15, 0.2) is 11.2 Å². The molecule has 1 atom stereocenters. The molecule has 6 N–H and O–H groups in total. The number of esters is 2. The average Bonchev–Trinajstić information content (AvgIpc) is 2.94. The zero-order valence-corrected chi connectivity index (χ0v) is 22.6. The number of carboxylic acids is 1. The predicted molar refractivity (Wildman–Crippen MR) is 149 cm³/mol. The van der Waals surface area contributed by atoms with Crippen LogP contribution in [-0.4, -0.2) is 54.9 Å². The van der Waals surface area contributed by atoms with Gasteiger partial charge in [0.05, 0.1) is 18.4 Å². The summed E-state index contributed by atoms with van der Waals surface area (Å²) in [7, 11) is 0. The van der Waals surface area contributed by atoms with Crippen molar-refractivity contribution in [2.75, 3.05) is 11.1 Å². The summed E-state index contributed by atoms with van der Waals surface area (Å²) in [6.45, 7) is 2.30. The van der Waals surface area contributed by atoms with E-state index < -0.39 is 35.4 Å². The van der Waals surface area contributed by atoms with Crippen molar-refractivity contribution in [2.24, 2.45) is 0 Å². The van der Waals surface area contributed by atoms with Gasteiger partial charge in [-0.3, -0.25) is 19.2 Å². The van der Waals surface area contributed by atoms with Crippen molar-refractivity contribution in [1.29, 1.82) is 0 Å². The number of hydrogen-bond acceptors (Lipinski definition) is 11. The van der Waals surface area contributed by atoms with Crippen LogP contribution >= 0.6 is 0 Å². The molecule has 0 fully saturated rings. The lowest BCUT2D eigenvalue weighted by Gasteiger charge is -2.14. The number of aromatic nitrogens is 4. The SMILES string of the molecule is CCCCCCCC(=O)OC(=O)CC[C@H](NC(=O)c1ccc(NCc2cnc3[nH]c(N)nc(=O)c3n2)cc1)C(=O)O. The number of carboxylic acid groups (broad SMARTS) is 1. The van der Waals surface area contributed by atoms with Crippen LogP contribution in [0.25, 0.3) is 11.2 Å². The number of hydrogen-bond donors (Lipinski definition) is 5. The number of carbonyl (C=O) groups is 4. The van der Waals surface area contributed by atoms with Gasteiger partial charge in [0.2, 0.25) is 5.95 Å². The van der Waals surface area contributed by atoms with E-state index in [1.165, 1.54) is 18.3 Å². The number of nitrogens with one attached hydrogen (secondary N) is 3. The molecule has 3 aromatic rings. The maximum Gasteiger partial charge on any atom is 0.326 e. The van der Waals surface area contributed by atoms with Crippen molar-refractivity contribution >= 4 is 46.6 Å². The van der Waals surface area contributed by atoms with Gasteiger partial charge in [-0.25, -0.2) is 14.8 Å². The first-order valence-corrected chi connectivity index (χ1v) is 13.3. The van der Waals surface area contributed by atoms with Crippen LogP contribution in [0.2, 0.25) is 0 Å². The van der Waals surface area contributed by atoms with Crippen LogP contribution in [-0.2, 0) is 25.7 Å². The van der Waals surface area contributed by atoms with E-state index in [0.717, 1.165) is 25.7 Å². The number of nitrogen functional groups attached to an aromatic ring is 1. The fourth-order valence-electron chi connectivity index (χ4n) is 3.86. The standard InChI is InChI=1S/C27H33N7O7/c1-2-3-4-5-6-7-20(35)41-21(36)13-12-19(26(39)40)32-24(37)16-8-10-17(11-9-16)29-14-18-15-30-23-22(31-18)25(38)34-27(28)33-23/h8-11,15,19,29H,2-7,12-14H2,1H3,(H,32,37)(H,39,40)(H3,28,30,33,34,38)/t19-/m0/s1. The smallest absolute Gasteiger partial charge is 0.326 e. The van der Waals surface area contributed by atoms with Crippen molar-refractivity contribution in [3.8, 4) is 0 Å². The average molecular weight is 568 g/mol. The first-order chi connectivity index (χ1) is 19.7. The molecule has 0 saturated carbocycles. The summed E-state index contributed by atoms with van der Waals surface area (Å²) in [5.41, 5.74) is 6.47. The second-order valence-corrected chi connectivity index (χ2v) is 9.33. The van der Waals surface area contributed by atoms with Gasteiger partial charge < -0.3 is 31.2 Å². The topological polar surface area (TPSA) is 219 Å². The van der Waals surface area contributed by atoms with E-state index in [-0.39, 0.29) is 48.5 Å². The number of H-pyrrole nitrogens is 1. The van der Waals surface area contributed by atoms with Crippen LogP contribution in [0.4, 0.5) is 11.6 Å². The summed E-state index contributed by atoms with van der Waals surface area (Å²) in [6.07, 6.45) is 5.69. The molecule has 0 radical (unpaired) electrons. The van der Waals surface area contributed by atoms with Gasteiger partial charge in [0, 0.05) is 24.1 Å². The minimum atomic E-state index is -1.35. The number of nitrogens with two attached hydrogens (primary N) is 1. The van der Waals surface area contributed by atoms with Crippen molar-refractivity contribution in [2.45, 2.75) is 70.9 Å². The molecule has 41 heavy (non-hydrogen) atoms. The zero-order chi connectivity index (χ0) is 29.8. The molecule has 0 spiro atoms. The lowest BCUT2D eigenvalue weighted by molar-refractivity contribution is -0.159. The maximum absolute atomic E-state index is 12.6. The Bertz CT molecular complexity index is 1440. The van der Waals surface area contributed by atoms with Gasteiger partial charge >= 0.3 is 23.5 Å². The fourth-order valence-corrected chi connectivity index (χ4v) is 3.86. The molecular weight excluding hydrogens is 534 g/mol. The Balaban J connectivity index is 1.47. The quantitative estimate of drug-likeness (QED) is 0.101. The molecule has 14 heteroatoms. The number of benzene rings is 1. The first kappa shape index (κ1) is 30.7. The van der Waals surface area contributed by atoms with Crippen LogP contribution in [0.15, 0.2) is 35.3 Å². The second kappa shape index (κ2) is 15.1. The third-order valence-electron chi connectivity index (χ3n) is 6.07. The summed E-state index contributed by atoms with van der Waals surface area (Å²) in [5.74, 6) is -3.49. The highest BCUT2D eigenvalue weighted by Crippen LogP contribution is 2.13. The lowest BCUT2D eigenvalue weighted by atomic mass is 10.1. The van der Waals surface area contributed by atoms with Crippen LogP contribution in [0, 0.1) is 0 Å². The van der Waals surface area contributed by atoms with Crippen molar-refractivity contribution in [1.82, 2.24) is 25.3 Å². The third-order valence-corrected chi connectivity index (χ3v) is 6.07. The van der Waals surface area contributed by atoms with Crippen molar-refractivity contribution in [3.05, 3.63) is 52.1 Å². The van der Waals surface area contributed by atoms with E-state index in [1.54, 1.807) is 12.1 Å². The van der Waals surface area contributed by atoms with E-state index in [2.05, 4.69) is 37.5 Å². The Morgan fingerprint density at radius 1 is 1.02 bits per heavy atom. The van der Waals surface area contributed by atoms with Gasteiger partial charge in [-0.2, -0.15) is 4.98 Å². The highest BCUT2D eigenvalue weighted by atomic mass is 16.6. The van der Waals surface area contributed by atoms with Gasteiger partial charge in [0.1, 0.15) is 6.04 Å². The number of ether oxygens (including phenoxy) is 1. The highest BCUT2D eigenvalue weighted by Gasteiger charge is 2.23. The molecule has 2 heterocycles. The minimum Gasteiger partial charge on any atom is -0.480 e. The molecule has 1 aromatic carbocycles. The van der Waals surface area contributed by atoms with Gasteiger partial charge in [0.25, 0.3) is 5.91 Å². The third kappa shape index (κ3) is 9.67. The number of unbranched alkanes of at least 4 members (excludes halogenated alkanes) is 4. The molecule has 0 aliphatic heterocycles. The number of aromatic amines is 1. The van der Waals surface area contributed by atoms with Crippen molar-refractivity contribution < 1.29 is 29.0 Å². The van der Waals surface area contributed by atoms with E-state index in [1.807, 2.05) is 0 Å². The summed E-state index contributed by atoms with van der Waals surface area (Å²) in [4.78, 5) is 74.6. The molecule has 0 aliphatic rings. The highest BCUT2D eigenvalue weighted by molar-refractivity contribution is 5.97. The number of carbonyl (C=O) groups excluding carboxylic acids is 3. The number of fused-ring (bicyclic) bond motifs is 1. The number of anilines is 2. The summed E-state index contributed by atoms with van der Waals surface area (Å²) in [5, 5.41) is 15.0. The largest absolute Gasteiger partial charge is 0.480 e.